The molecule has 2 aromatic rings. The van der Waals surface area contributed by atoms with Crippen LogP contribution < -0.4 is 4.72 Å². The maximum atomic E-state index is 14.3. The van der Waals surface area contributed by atoms with Crippen LogP contribution in [0.15, 0.2) is 41.3 Å². The highest BCUT2D eigenvalue weighted by atomic mass is 32.2. The van der Waals surface area contributed by atoms with Crippen LogP contribution >= 0.6 is 0 Å². The van der Waals surface area contributed by atoms with Gasteiger partial charge in [-0.15, -0.1) is 0 Å². The van der Waals surface area contributed by atoms with Crippen molar-refractivity contribution in [2.75, 3.05) is 13.1 Å². The van der Waals surface area contributed by atoms with Crippen LogP contribution in [0.3, 0.4) is 0 Å². The van der Waals surface area contributed by atoms with Gasteiger partial charge in [0.05, 0.1) is 16.0 Å². The molecule has 1 saturated heterocycles. The van der Waals surface area contributed by atoms with Gasteiger partial charge in [-0.1, -0.05) is 0 Å². The molecule has 0 atom stereocenters. The first kappa shape index (κ1) is 23.9. The fraction of sp³-hybridized carbons (Fsp3) is 0.364. The summed E-state index contributed by atoms with van der Waals surface area (Å²) in [6, 6.07) is 5.26. The van der Waals surface area contributed by atoms with Crippen LogP contribution in [0, 0.1) is 23.4 Å². The summed E-state index contributed by atoms with van der Waals surface area (Å²) in [5.74, 6) is -4.26. The molecule has 0 spiro atoms. The van der Waals surface area contributed by atoms with Crippen molar-refractivity contribution in [1.29, 1.82) is 0 Å². The van der Waals surface area contributed by atoms with Gasteiger partial charge in [-0.2, -0.15) is 0 Å². The lowest BCUT2D eigenvalue weighted by Crippen LogP contribution is -2.41. The molecule has 0 aromatic heterocycles. The minimum Gasteiger partial charge on any atom is -0.339 e. The average Bonchev–Trinajstić information content (AvgIpc) is 2.74. The summed E-state index contributed by atoms with van der Waals surface area (Å²) in [5.41, 5.74) is -0.728. The van der Waals surface area contributed by atoms with E-state index in [1.54, 1.807) is 13.8 Å². The van der Waals surface area contributed by atoms with Crippen LogP contribution in [-0.2, 0) is 10.0 Å². The molecule has 0 bridgehead atoms. The number of hydrogen-bond acceptors (Lipinski definition) is 4. The van der Waals surface area contributed by atoms with Crippen molar-refractivity contribution < 1.29 is 31.2 Å². The molecule has 1 fully saturated rings. The van der Waals surface area contributed by atoms with E-state index in [-0.39, 0.29) is 42.4 Å². The van der Waals surface area contributed by atoms with E-state index in [1.807, 2.05) is 0 Å². The first-order chi connectivity index (χ1) is 15.0. The molecule has 6 nitrogen and oxygen atoms in total. The third-order valence-electron chi connectivity index (χ3n) is 5.22. The Bertz CT molecular complexity index is 1140. The number of ketones is 1. The Morgan fingerprint density at radius 1 is 0.969 bits per heavy atom. The van der Waals surface area contributed by atoms with Gasteiger partial charge in [0.25, 0.3) is 5.91 Å². The third-order valence-corrected chi connectivity index (χ3v) is 6.87. The van der Waals surface area contributed by atoms with Gasteiger partial charge in [0.1, 0.15) is 17.5 Å². The van der Waals surface area contributed by atoms with Gasteiger partial charge in [-0.05, 0) is 63.1 Å². The Labute approximate surface area is 184 Å². The first-order valence-corrected chi connectivity index (χ1v) is 11.6. The standard InChI is InChI=1S/C22H23F3N2O4S/c1-13(2)26-32(30,31)16-4-6-20(25)18(12-16)22(29)27-9-7-14(8-10-27)21(28)17-11-15(23)3-5-19(17)24/h3-6,11-14,26H,7-10H2,1-2H3. The molecule has 32 heavy (non-hydrogen) atoms. The Morgan fingerprint density at radius 2 is 1.56 bits per heavy atom. The van der Waals surface area contributed by atoms with E-state index in [4.69, 9.17) is 0 Å². The van der Waals surface area contributed by atoms with Crippen molar-refractivity contribution >= 4 is 21.7 Å². The minimum absolute atomic E-state index is 0.0901. The van der Waals surface area contributed by atoms with E-state index < -0.39 is 50.6 Å². The Hall–Kier alpha value is -2.72. The number of benzene rings is 2. The second kappa shape index (κ2) is 9.41. The van der Waals surface area contributed by atoms with Crippen molar-refractivity contribution in [2.45, 2.75) is 37.6 Å². The molecule has 0 aliphatic carbocycles. The van der Waals surface area contributed by atoms with Crippen LogP contribution in [0.2, 0.25) is 0 Å². The Kier molecular flexibility index (Phi) is 7.04. The molecule has 10 heteroatoms. The summed E-state index contributed by atoms with van der Waals surface area (Å²) in [6.45, 7) is 3.45. The molecule has 1 amide bonds. The number of hydrogen-bond donors (Lipinski definition) is 1. The van der Waals surface area contributed by atoms with Gasteiger partial charge in [-0.25, -0.2) is 26.3 Å². The van der Waals surface area contributed by atoms with Gasteiger partial charge in [0.15, 0.2) is 5.78 Å². The van der Waals surface area contributed by atoms with Gasteiger partial charge < -0.3 is 4.90 Å². The highest BCUT2D eigenvalue weighted by Crippen LogP contribution is 2.26. The number of nitrogens with zero attached hydrogens (tertiary/aromatic N) is 1. The molecular weight excluding hydrogens is 445 g/mol. The lowest BCUT2D eigenvalue weighted by molar-refractivity contribution is 0.0645. The number of carbonyl (C=O) groups excluding carboxylic acids is 2. The molecule has 1 N–H and O–H groups in total. The van der Waals surface area contributed by atoms with Gasteiger partial charge in [0, 0.05) is 25.0 Å². The number of likely N-dealkylation sites (tertiary alicyclic amines) is 1. The summed E-state index contributed by atoms with van der Waals surface area (Å²) < 4.78 is 68.7. The minimum atomic E-state index is -3.92. The number of halogens is 3. The fourth-order valence-electron chi connectivity index (χ4n) is 3.64. The smallest absolute Gasteiger partial charge is 0.256 e. The molecule has 0 unspecified atom stereocenters. The quantitative estimate of drug-likeness (QED) is 0.658. The number of sulfonamides is 1. The normalized spacial score (nSPS) is 15.2. The largest absolute Gasteiger partial charge is 0.339 e. The summed E-state index contributed by atoms with van der Waals surface area (Å²) in [6.07, 6.45) is 0.379. The second-order valence-electron chi connectivity index (χ2n) is 7.97. The lowest BCUT2D eigenvalue weighted by atomic mass is 9.88. The zero-order valence-electron chi connectivity index (χ0n) is 17.6. The first-order valence-electron chi connectivity index (χ1n) is 10.1. The van der Waals surface area contributed by atoms with Crippen molar-refractivity contribution in [3.8, 4) is 0 Å². The lowest BCUT2D eigenvalue weighted by Gasteiger charge is -2.31. The van der Waals surface area contributed by atoms with Gasteiger partial charge in [-0.3, -0.25) is 9.59 Å². The van der Waals surface area contributed by atoms with Gasteiger partial charge in [0.2, 0.25) is 10.0 Å². The zero-order chi connectivity index (χ0) is 23.6. The van der Waals surface area contributed by atoms with Gasteiger partial charge >= 0.3 is 0 Å². The summed E-state index contributed by atoms with van der Waals surface area (Å²) in [5, 5.41) is 0. The van der Waals surface area contributed by atoms with Crippen molar-refractivity contribution in [1.82, 2.24) is 9.62 Å². The second-order valence-corrected chi connectivity index (χ2v) is 9.69. The van der Waals surface area contributed by atoms with E-state index in [0.717, 1.165) is 36.4 Å². The Morgan fingerprint density at radius 3 is 2.19 bits per heavy atom. The number of rotatable bonds is 6. The molecule has 1 aliphatic heterocycles. The number of carbonyl (C=O) groups is 2. The number of amides is 1. The van der Waals surface area contributed by atoms with Crippen LogP contribution in [0.1, 0.15) is 47.4 Å². The van der Waals surface area contributed by atoms with Crippen molar-refractivity contribution in [3.63, 3.8) is 0 Å². The fourth-order valence-corrected chi connectivity index (χ4v) is 4.91. The predicted octanol–water partition coefficient (Wildman–Crippen LogP) is 3.53. The average molecular weight is 468 g/mol. The maximum absolute atomic E-state index is 14.3. The highest BCUT2D eigenvalue weighted by molar-refractivity contribution is 7.89. The van der Waals surface area contributed by atoms with Crippen LogP contribution in [0.4, 0.5) is 13.2 Å². The molecule has 1 heterocycles. The van der Waals surface area contributed by atoms with E-state index in [1.165, 1.54) is 4.90 Å². The molecule has 3 rings (SSSR count). The molecule has 0 radical (unpaired) electrons. The zero-order valence-corrected chi connectivity index (χ0v) is 18.4. The highest BCUT2D eigenvalue weighted by Gasteiger charge is 2.31. The molecule has 2 aromatic carbocycles. The topological polar surface area (TPSA) is 83.6 Å². The van der Waals surface area contributed by atoms with E-state index in [9.17, 15) is 31.2 Å². The number of Topliss-reactive ketones (excluding diaryl/α,β-unsaturated/α-hetero) is 1. The molecule has 172 valence electrons. The third kappa shape index (κ3) is 5.18. The van der Waals surface area contributed by atoms with E-state index in [0.29, 0.717) is 0 Å². The summed E-state index contributed by atoms with van der Waals surface area (Å²) in [7, 11) is -3.92. The van der Waals surface area contributed by atoms with Crippen LogP contribution in [0.5, 0.6) is 0 Å². The predicted molar refractivity (Wildman–Crippen MR) is 111 cm³/mol. The van der Waals surface area contributed by atoms with E-state index >= 15 is 0 Å². The van der Waals surface area contributed by atoms with E-state index in [2.05, 4.69) is 4.72 Å². The maximum Gasteiger partial charge on any atom is 0.256 e. The molecule has 1 aliphatic rings. The summed E-state index contributed by atoms with van der Waals surface area (Å²) in [4.78, 5) is 26.5. The molecular formula is C22H23F3N2O4S. The monoisotopic (exact) mass is 468 g/mol. The number of nitrogens with one attached hydrogen (secondary N) is 1. The van der Waals surface area contributed by atoms with Crippen LogP contribution in [-0.4, -0.2) is 44.1 Å². The molecule has 0 saturated carbocycles. The van der Waals surface area contributed by atoms with Crippen LogP contribution in [0.25, 0.3) is 0 Å². The SMILES string of the molecule is CC(C)NS(=O)(=O)c1ccc(F)c(C(=O)N2CCC(C(=O)c3cc(F)ccc3F)CC2)c1. The Balaban J connectivity index is 1.74. The van der Waals surface area contributed by atoms with Crippen molar-refractivity contribution in [2.24, 2.45) is 5.92 Å². The van der Waals surface area contributed by atoms with Crippen molar-refractivity contribution in [3.05, 3.63) is 65.0 Å². The summed E-state index contributed by atoms with van der Waals surface area (Å²) >= 11 is 0. The number of piperidine rings is 1.